The van der Waals surface area contributed by atoms with Crippen LogP contribution in [0.3, 0.4) is 0 Å². The summed E-state index contributed by atoms with van der Waals surface area (Å²) in [6.45, 7) is 4.81. The molecule has 0 N–H and O–H groups in total. The van der Waals surface area contributed by atoms with Gasteiger partial charge in [0.1, 0.15) is 12.3 Å². The van der Waals surface area contributed by atoms with Gasteiger partial charge >= 0.3 is 5.97 Å². The fourth-order valence-electron chi connectivity index (χ4n) is 1.87. The van der Waals surface area contributed by atoms with E-state index in [1.807, 2.05) is 38.1 Å². The maximum atomic E-state index is 12.0. The second-order valence-electron chi connectivity index (χ2n) is 4.75. The molecule has 0 saturated carbocycles. The first-order valence-corrected chi connectivity index (χ1v) is 7.11. The molecule has 0 aromatic heterocycles. The Labute approximate surface area is 125 Å². The maximum absolute atomic E-state index is 12.0. The molecular formula is C16H23NO4. The molecule has 0 heterocycles. The SMILES string of the molecule is CCN(CC(=O)OC)C(=O)CCCOc1cccc(C)c1. The van der Waals surface area contributed by atoms with Gasteiger partial charge in [0.15, 0.2) is 0 Å². The monoisotopic (exact) mass is 293 g/mol. The van der Waals surface area contributed by atoms with E-state index in [2.05, 4.69) is 4.74 Å². The van der Waals surface area contributed by atoms with E-state index in [0.717, 1.165) is 11.3 Å². The molecule has 1 aromatic rings. The molecule has 0 aliphatic rings. The van der Waals surface area contributed by atoms with Gasteiger partial charge in [-0.05, 0) is 38.0 Å². The summed E-state index contributed by atoms with van der Waals surface area (Å²) in [6.07, 6.45) is 0.973. The molecular weight excluding hydrogens is 270 g/mol. The van der Waals surface area contributed by atoms with E-state index in [0.29, 0.717) is 26.0 Å². The molecule has 1 rings (SSSR count). The molecule has 0 fully saturated rings. The van der Waals surface area contributed by atoms with Crippen LogP contribution in [0.15, 0.2) is 24.3 Å². The van der Waals surface area contributed by atoms with Gasteiger partial charge in [-0.15, -0.1) is 0 Å². The molecule has 5 nitrogen and oxygen atoms in total. The Morgan fingerprint density at radius 2 is 2.05 bits per heavy atom. The molecule has 0 atom stereocenters. The number of benzene rings is 1. The van der Waals surface area contributed by atoms with Gasteiger partial charge in [-0.2, -0.15) is 0 Å². The number of rotatable bonds is 8. The zero-order chi connectivity index (χ0) is 15.7. The van der Waals surface area contributed by atoms with E-state index < -0.39 is 5.97 Å². The van der Waals surface area contributed by atoms with Crippen molar-refractivity contribution in [2.45, 2.75) is 26.7 Å². The molecule has 0 radical (unpaired) electrons. The number of esters is 1. The summed E-state index contributed by atoms with van der Waals surface area (Å²) in [4.78, 5) is 24.6. The Bertz CT molecular complexity index is 473. The number of ether oxygens (including phenoxy) is 2. The zero-order valence-corrected chi connectivity index (χ0v) is 12.9. The Morgan fingerprint density at radius 1 is 1.29 bits per heavy atom. The number of carbonyl (C=O) groups excluding carboxylic acids is 2. The number of aryl methyl sites for hydroxylation is 1. The van der Waals surface area contributed by atoms with Crippen LogP contribution in [0, 0.1) is 6.92 Å². The van der Waals surface area contributed by atoms with Crippen molar-refractivity contribution in [2.75, 3.05) is 26.8 Å². The standard InChI is InChI=1S/C16H23NO4/c1-4-17(12-16(19)20-3)15(18)9-6-10-21-14-8-5-7-13(2)11-14/h5,7-8,11H,4,6,9-10,12H2,1-3H3. The van der Waals surface area contributed by atoms with Crippen LogP contribution in [-0.4, -0.2) is 43.6 Å². The summed E-state index contributed by atoms with van der Waals surface area (Å²) >= 11 is 0. The summed E-state index contributed by atoms with van der Waals surface area (Å²) in [5.74, 6) is 0.348. The van der Waals surface area contributed by atoms with Gasteiger partial charge in [-0.3, -0.25) is 9.59 Å². The second-order valence-corrected chi connectivity index (χ2v) is 4.75. The normalized spacial score (nSPS) is 10.0. The average Bonchev–Trinajstić information content (AvgIpc) is 2.48. The fourth-order valence-corrected chi connectivity index (χ4v) is 1.87. The van der Waals surface area contributed by atoms with Crippen molar-refractivity contribution < 1.29 is 19.1 Å². The lowest BCUT2D eigenvalue weighted by Gasteiger charge is -2.19. The quantitative estimate of drug-likeness (QED) is 0.544. The second kappa shape index (κ2) is 9.00. The van der Waals surface area contributed by atoms with Crippen LogP contribution in [0.1, 0.15) is 25.3 Å². The van der Waals surface area contributed by atoms with Crippen LogP contribution >= 0.6 is 0 Å². The summed E-state index contributed by atoms with van der Waals surface area (Å²) in [5, 5.41) is 0. The highest BCUT2D eigenvalue weighted by atomic mass is 16.5. The number of amides is 1. The van der Waals surface area contributed by atoms with Crippen LogP contribution in [0.25, 0.3) is 0 Å². The molecule has 0 aliphatic carbocycles. The first-order chi connectivity index (χ1) is 10.1. The van der Waals surface area contributed by atoms with Crippen molar-refractivity contribution in [3.8, 4) is 5.75 Å². The topological polar surface area (TPSA) is 55.8 Å². The van der Waals surface area contributed by atoms with Crippen molar-refractivity contribution in [3.05, 3.63) is 29.8 Å². The van der Waals surface area contributed by atoms with E-state index in [-0.39, 0.29) is 12.5 Å². The molecule has 0 bridgehead atoms. The number of hydrogen-bond donors (Lipinski definition) is 0. The highest BCUT2D eigenvalue weighted by Gasteiger charge is 2.15. The highest BCUT2D eigenvalue weighted by Crippen LogP contribution is 2.12. The third-order valence-electron chi connectivity index (χ3n) is 3.08. The number of nitrogens with zero attached hydrogens (tertiary/aromatic N) is 1. The highest BCUT2D eigenvalue weighted by molar-refractivity contribution is 5.81. The molecule has 5 heteroatoms. The van der Waals surface area contributed by atoms with Crippen LogP contribution in [0.5, 0.6) is 5.75 Å². The third-order valence-corrected chi connectivity index (χ3v) is 3.08. The molecule has 21 heavy (non-hydrogen) atoms. The number of likely N-dealkylation sites (N-methyl/N-ethyl adjacent to an activating group) is 1. The molecule has 1 aromatic carbocycles. The molecule has 0 unspecified atom stereocenters. The van der Waals surface area contributed by atoms with Gasteiger partial charge in [-0.1, -0.05) is 12.1 Å². The number of carbonyl (C=O) groups is 2. The van der Waals surface area contributed by atoms with Gasteiger partial charge in [0.05, 0.1) is 13.7 Å². The summed E-state index contributed by atoms with van der Waals surface area (Å²) in [6, 6.07) is 7.79. The first-order valence-electron chi connectivity index (χ1n) is 7.11. The van der Waals surface area contributed by atoms with Crippen molar-refractivity contribution in [1.29, 1.82) is 0 Å². The van der Waals surface area contributed by atoms with Crippen molar-refractivity contribution >= 4 is 11.9 Å². The van der Waals surface area contributed by atoms with Gasteiger partial charge in [-0.25, -0.2) is 0 Å². The van der Waals surface area contributed by atoms with Crippen molar-refractivity contribution in [1.82, 2.24) is 4.90 Å². The molecule has 0 spiro atoms. The zero-order valence-electron chi connectivity index (χ0n) is 12.9. The number of hydrogen-bond acceptors (Lipinski definition) is 4. The predicted octanol–water partition coefficient (Wildman–Crippen LogP) is 2.18. The lowest BCUT2D eigenvalue weighted by atomic mass is 10.2. The van der Waals surface area contributed by atoms with Gasteiger partial charge in [0.25, 0.3) is 0 Å². The van der Waals surface area contributed by atoms with Gasteiger partial charge < -0.3 is 14.4 Å². The van der Waals surface area contributed by atoms with E-state index >= 15 is 0 Å². The van der Waals surface area contributed by atoms with Gasteiger partial charge in [0, 0.05) is 13.0 Å². The maximum Gasteiger partial charge on any atom is 0.325 e. The van der Waals surface area contributed by atoms with Crippen molar-refractivity contribution in [3.63, 3.8) is 0 Å². The Balaban J connectivity index is 2.30. The van der Waals surface area contributed by atoms with Gasteiger partial charge in [0.2, 0.25) is 5.91 Å². The predicted molar refractivity (Wildman–Crippen MR) is 80.2 cm³/mol. The Kier molecular flexibility index (Phi) is 7.29. The molecule has 1 amide bonds. The molecule has 116 valence electrons. The molecule has 0 saturated heterocycles. The summed E-state index contributed by atoms with van der Waals surface area (Å²) in [7, 11) is 1.32. The number of methoxy groups -OCH3 is 1. The Morgan fingerprint density at radius 3 is 2.67 bits per heavy atom. The van der Waals surface area contributed by atoms with E-state index in [4.69, 9.17) is 4.74 Å². The van der Waals surface area contributed by atoms with Crippen molar-refractivity contribution in [2.24, 2.45) is 0 Å². The largest absolute Gasteiger partial charge is 0.494 e. The summed E-state index contributed by atoms with van der Waals surface area (Å²) < 4.78 is 10.2. The third kappa shape index (κ3) is 6.29. The minimum atomic E-state index is -0.402. The summed E-state index contributed by atoms with van der Waals surface area (Å²) in [5.41, 5.74) is 1.14. The average molecular weight is 293 g/mol. The van der Waals surface area contributed by atoms with Crippen LogP contribution in [0.2, 0.25) is 0 Å². The fraction of sp³-hybridized carbons (Fsp3) is 0.500. The minimum absolute atomic E-state index is 0.00453. The lowest BCUT2D eigenvalue weighted by molar-refractivity contribution is -0.146. The Hall–Kier alpha value is -2.04. The lowest BCUT2D eigenvalue weighted by Crippen LogP contribution is -2.36. The van der Waals surface area contributed by atoms with E-state index in [1.165, 1.54) is 12.0 Å². The van der Waals surface area contributed by atoms with Crippen LogP contribution in [0.4, 0.5) is 0 Å². The van der Waals surface area contributed by atoms with Crippen LogP contribution < -0.4 is 4.74 Å². The van der Waals surface area contributed by atoms with Crippen LogP contribution in [-0.2, 0) is 14.3 Å². The smallest absolute Gasteiger partial charge is 0.325 e. The minimum Gasteiger partial charge on any atom is -0.494 e. The van der Waals surface area contributed by atoms with E-state index in [9.17, 15) is 9.59 Å². The first kappa shape index (κ1) is 17.0. The van der Waals surface area contributed by atoms with E-state index in [1.54, 1.807) is 0 Å². The molecule has 0 aliphatic heterocycles.